The molecule has 5 rings (SSSR count). The van der Waals surface area contributed by atoms with Crippen molar-refractivity contribution < 1.29 is 4.74 Å². The van der Waals surface area contributed by atoms with E-state index in [0.29, 0.717) is 6.04 Å². The summed E-state index contributed by atoms with van der Waals surface area (Å²) in [5.74, 6) is 2.78. The van der Waals surface area contributed by atoms with Gasteiger partial charge in [-0.1, -0.05) is 18.2 Å². The number of aromatic nitrogens is 2. The van der Waals surface area contributed by atoms with Crippen molar-refractivity contribution in [2.45, 2.75) is 25.4 Å². The first-order chi connectivity index (χ1) is 15.6. The van der Waals surface area contributed by atoms with Gasteiger partial charge in [0.25, 0.3) is 0 Å². The van der Waals surface area contributed by atoms with E-state index in [1.165, 1.54) is 11.3 Å². The molecular formula is C25H32N6O. The Morgan fingerprint density at radius 2 is 1.78 bits per heavy atom. The predicted molar refractivity (Wildman–Crippen MR) is 131 cm³/mol. The van der Waals surface area contributed by atoms with E-state index in [1.54, 1.807) is 7.11 Å². The number of hydrogen-bond donors (Lipinski definition) is 1. The summed E-state index contributed by atoms with van der Waals surface area (Å²) >= 11 is 0. The Morgan fingerprint density at radius 1 is 1.00 bits per heavy atom. The van der Waals surface area contributed by atoms with Crippen LogP contribution in [-0.2, 0) is 6.54 Å². The minimum absolute atomic E-state index is 0.414. The van der Waals surface area contributed by atoms with Crippen molar-refractivity contribution in [2.75, 3.05) is 62.5 Å². The normalized spacial score (nSPS) is 16.9. The van der Waals surface area contributed by atoms with Crippen LogP contribution in [0.4, 0.5) is 17.5 Å². The molecule has 2 aromatic carbocycles. The zero-order valence-electron chi connectivity index (χ0n) is 19.2. The number of benzene rings is 2. The van der Waals surface area contributed by atoms with Gasteiger partial charge in [-0.25, -0.2) is 4.98 Å². The Bertz CT molecular complexity index is 1090. The third kappa shape index (κ3) is 4.30. The summed E-state index contributed by atoms with van der Waals surface area (Å²) in [7, 11) is 5.94. The number of ether oxygens (including phenoxy) is 1. The Labute approximate surface area is 190 Å². The van der Waals surface area contributed by atoms with Gasteiger partial charge in [-0.2, -0.15) is 4.98 Å². The summed E-state index contributed by atoms with van der Waals surface area (Å²) in [6.45, 7) is 5.09. The smallest absolute Gasteiger partial charge is 0.228 e. The van der Waals surface area contributed by atoms with E-state index in [0.717, 1.165) is 74.0 Å². The number of methoxy groups -OCH3 is 1. The fourth-order valence-electron chi connectivity index (χ4n) is 4.54. The average Bonchev–Trinajstić information content (AvgIpc) is 3.66. The zero-order chi connectivity index (χ0) is 22.1. The zero-order valence-corrected chi connectivity index (χ0v) is 19.2. The number of para-hydroxylation sites is 1. The molecule has 2 fully saturated rings. The molecule has 2 saturated heterocycles. The van der Waals surface area contributed by atoms with Crippen molar-refractivity contribution in [3.05, 3.63) is 48.0 Å². The van der Waals surface area contributed by atoms with Crippen LogP contribution < -0.4 is 19.9 Å². The number of nitrogens with one attached hydrogen (secondary N) is 1. The molecule has 3 aromatic rings. The van der Waals surface area contributed by atoms with E-state index in [2.05, 4.69) is 70.5 Å². The molecule has 32 heavy (non-hydrogen) atoms. The van der Waals surface area contributed by atoms with Gasteiger partial charge in [0, 0.05) is 69.5 Å². The van der Waals surface area contributed by atoms with Gasteiger partial charge in [0.15, 0.2) is 0 Å². The largest absolute Gasteiger partial charge is 0.496 e. The van der Waals surface area contributed by atoms with E-state index in [4.69, 9.17) is 14.7 Å². The van der Waals surface area contributed by atoms with Crippen molar-refractivity contribution in [3.63, 3.8) is 0 Å². The second-order valence-electron chi connectivity index (χ2n) is 8.92. The fraction of sp³-hybridized carbons (Fsp3) is 0.440. The maximum Gasteiger partial charge on any atom is 0.228 e. The Kier molecular flexibility index (Phi) is 5.74. The molecule has 1 aromatic heterocycles. The van der Waals surface area contributed by atoms with Gasteiger partial charge in [0.2, 0.25) is 5.95 Å². The molecule has 0 spiro atoms. The lowest BCUT2D eigenvalue weighted by molar-refractivity contribution is 0.209. The van der Waals surface area contributed by atoms with Gasteiger partial charge >= 0.3 is 0 Å². The molecule has 0 aliphatic carbocycles. The van der Waals surface area contributed by atoms with Crippen molar-refractivity contribution in [1.29, 1.82) is 0 Å². The molecule has 7 nitrogen and oxygen atoms in total. The predicted octanol–water partition coefficient (Wildman–Crippen LogP) is 3.60. The molecule has 0 amide bonds. The monoisotopic (exact) mass is 432 g/mol. The maximum atomic E-state index is 5.67. The van der Waals surface area contributed by atoms with Crippen LogP contribution in [-0.4, -0.2) is 68.3 Å². The number of rotatable bonds is 7. The van der Waals surface area contributed by atoms with Gasteiger partial charge in [-0.05, 0) is 37.1 Å². The first-order valence-corrected chi connectivity index (χ1v) is 11.5. The van der Waals surface area contributed by atoms with Crippen LogP contribution >= 0.6 is 0 Å². The Hall–Kier alpha value is -3.06. The Balaban J connectivity index is 1.28. The highest BCUT2D eigenvalue weighted by atomic mass is 16.5. The minimum Gasteiger partial charge on any atom is -0.496 e. The molecule has 168 valence electrons. The summed E-state index contributed by atoms with van der Waals surface area (Å²) in [5, 5.41) is 4.85. The molecule has 2 aliphatic heterocycles. The topological polar surface area (TPSA) is 56.5 Å². The highest BCUT2D eigenvalue weighted by Gasteiger charge is 2.25. The Morgan fingerprint density at radius 3 is 2.50 bits per heavy atom. The van der Waals surface area contributed by atoms with Crippen molar-refractivity contribution in [1.82, 2.24) is 14.9 Å². The van der Waals surface area contributed by atoms with Crippen LogP contribution in [0.15, 0.2) is 42.5 Å². The van der Waals surface area contributed by atoms with E-state index in [-0.39, 0.29) is 0 Å². The lowest BCUT2D eigenvalue weighted by atomic mass is 10.0. The van der Waals surface area contributed by atoms with Crippen LogP contribution in [0.5, 0.6) is 5.75 Å². The van der Waals surface area contributed by atoms with Gasteiger partial charge in [-0.15, -0.1) is 0 Å². The van der Waals surface area contributed by atoms with Crippen LogP contribution in [0.2, 0.25) is 0 Å². The third-order valence-corrected chi connectivity index (χ3v) is 6.44. The van der Waals surface area contributed by atoms with Crippen molar-refractivity contribution >= 4 is 28.4 Å². The van der Waals surface area contributed by atoms with Crippen LogP contribution in [0.3, 0.4) is 0 Å². The lowest BCUT2D eigenvalue weighted by Gasteiger charge is -2.34. The number of hydrogen-bond acceptors (Lipinski definition) is 7. The van der Waals surface area contributed by atoms with E-state index >= 15 is 0 Å². The first-order valence-electron chi connectivity index (χ1n) is 11.5. The second kappa shape index (κ2) is 8.82. The molecule has 3 heterocycles. The molecule has 0 atom stereocenters. The standard InChI is InChI=1S/C25H32N6O/c1-29(2)22-9-6-10-23(32-3)20(22)17-30-13-11-18(12-14-30)26-24-19-7-4-5-8-21(19)27-25(28-24)31-15-16-31/h4-10,18H,11-17H2,1-3H3,(H,26,27,28). The molecule has 0 bridgehead atoms. The van der Waals surface area contributed by atoms with Crippen molar-refractivity contribution in [3.8, 4) is 5.75 Å². The quantitative estimate of drug-likeness (QED) is 0.573. The van der Waals surface area contributed by atoms with Gasteiger partial charge < -0.3 is 19.9 Å². The summed E-state index contributed by atoms with van der Waals surface area (Å²) in [5.41, 5.74) is 3.49. The van der Waals surface area contributed by atoms with E-state index in [1.807, 2.05) is 6.07 Å². The summed E-state index contributed by atoms with van der Waals surface area (Å²) < 4.78 is 5.67. The van der Waals surface area contributed by atoms with Crippen LogP contribution in [0.25, 0.3) is 10.9 Å². The van der Waals surface area contributed by atoms with E-state index < -0.39 is 0 Å². The number of likely N-dealkylation sites (tertiary alicyclic amines) is 1. The van der Waals surface area contributed by atoms with E-state index in [9.17, 15) is 0 Å². The molecule has 7 heteroatoms. The van der Waals surface area contributed by atoms with Gasteiger partial charge in [0.05, 0.1) is 12.6 Å². The van der Waals surface area contributed by atoms with Crippen molar-refractivity contribution in [2.24, 2.45) is 0 Å². The molecule has 0 radical (unpaired) electrons. The molecule has 1 N–H and O–H groups in total. The first kappa shape index (κ1) is 20.8. The number of piperidine rings is 1. The number of anilines is 3. The van der Waals surface area contributed by atoms with Gasteiger partial charge in [-0.3, -0.25) is 4.90 Å². The minimum atomic E-state index is 0.414. The summed E-state index contributed by atoms with van der Waals surface area (Å²) in [6.07, 6.45) is 2.17. The molecule has 2 aliphatic rings. The number of fused-ring (bicyclic) bond motifs is 1. The highest BCUT2D eigenvalue weighted by Crippen LogP contribution is 2.31. The maximum absolute atomic E-state index is 5.67. The summed E-state index contributed by atoms with van der Waals surface area (Å²) in [6, 6.07) is 15.0. The molecule has 0 saturated carbocycles. The molecule has 0 unspecified atom stereocenters. The fourth-order valence-corrected chi connectivity index (χ4v) is 4.54. The lowest BCUT2D eigenvalue weighted by Crippen LogP contribution is -2.39. The highest BCUT2D eigenvalue weighted by molar-refractivity contribution is 5.90. The van der Waals surface area contributed by atoms with Crippen LogP contribution in [0, 0.1) is 0 Å². The van der Waals surface area contributed by atoms with Crippen LogP contribution in [0.1, 0.15) is 18.4 Å². The molecular weight excluding hydrogens is 400 g/mol. The SMILES string of the molecule is COc1cccc(N(C)C)c1CN1CCC(Nc2nc(N3CC3)nc3ccccc23)CC1. The second-order valence-corrected chi connectivity index (χ2v) is 8.92. The van der Waals surface area contributed by atoms with Gasteiger partial charge in [0.1, 0.15) is 11.6 Å². The summed E-state index contributed by atoms with van der Waals surface area (Å²) in [4.78, 5) is 16.5. The average molecular weight is 433 g/mol. The third-order valence-electron chi connectivity index (χ3n) is 6.44. The number of nitrogens with zero attached hydrogens (tertiary/aromatic N) is 5.